The predicted octanol–water partition coefficient (Wildman–Crippen LogP) is 0.686. The SMILES string of the molecule is Cc1ccc(C(=O)N2CC3(C2)CN(S(C)(=O)=O)CC3c2nncn2C)s1. The molecular weight excluding hydrogens is 374 g/mol. The average Bonchev–Trinajstić information content (AvgIpc) is 3.21. The van der Waals surface area contributed by atoms with E-state index in [2.05, 4.69) is 10.2 Å². The van der Waals surface area contributed by atoms with Gasteiger partial charge in [-0.1, -0.05) is 0 Å². The van der Waals surface area contributed by atoms with Crippen molar-refractivity contribution in [1.82, 2.24) is 24.0 Å². The zero-order valence-corrected chi connectivity index (χ0v) is 16.5. The Morgan fingerprint density at radius 3 is 2.58 bits per heavy atom. The van der Waals surface area contributed by atoms with Crippen molar-refractivity contribution in [2.75, 3.05) is 32.4 Å². The number of likely N-dealkylation sites (tertiary alicyclic amines) is 1. The molecule has 0 radical (unpaired) electrons. The van der Waals surface area contributed by atoms with Crippen molar-refractivity contribution in [2.45, 2.75) is 12.8 Å². The number of sulfonamides is 1. The second-order valence-electron chi connectivity index (χ2n) is 7.34. The molecule has 0 saturated carbocycles. The number of aryl methyl sites for hydroxylation is 2. The second kappa shape index (κ2) is 5.86. The smallest absolute Gasteiger partial charge is 0.263 e. The molecule has 8 nitrogen and oxygen atoms in total. The van der Waals surface area contributed by atoms with Crippen LogP contribution in [0.15, 0.2) is 18.5 Å². The van der Waals surface area contributed by atoms with Gasteiger partial charge in [-0.25, -0.2) is 12.7 Å². The highest BCUT2D eigenvalue weighted by molar-refractivity contribution is 7.88. The monoisotopic (exact) mass is 395 g/mol. The van der Waals surface area contributed by atoms with Gasteiger partial charge in [0.15, 0.2) is 0 Å². The zero-order valence-electron chi connectivity index (χ0n) is 14.9. The maximum absolute atomic E-state index is 12.7. The minimum atomic E-state index is -3.30. The van der Waals surface area contributed by atoms with Gasteiger partial charge in [0.25, 0.3) is 5.91 Å². The number of aromatic nitrogens is 3. The van der Waals surface area contributed by atoms with Gasteiger partial charge in [-0.2, -0.15) is 0 Å². The van der Waals surface area contributed by atoms with E-state index in [0.717, 1.165) is 15.6 Å². The lowest BCUT2D eigenvalue weighted by atomic mass is 9.71. The normalized spacial score (nSPS) is 22.7. The summed E-state index contributed by atoms with van der Waals surface area (Å²) in [6.45, 7) is 3.84. The third-order valence-corrected chi connectivity index (χ3v) is 7.60. The van der Waals surface area contributed by atoms with Crippen molar-refractivity contribution in [3.8, 4) is 0 Å². The van der Waals surface area contributed by atoms with Crippen molar-refractivity contribution >= 4 is 27.3 Å². The molecule has 140 valence electrons. The van der Waals surface area contributed by atoms with Gasteiger partial charge < -0.3 is 9.47 Å². The van der Waals surface area contributed by atoms with Gasteiger partial charge in [0.05, 0.1) is 11.1 Å². The Balaban J connectivity index is 1.60. The third kappa shape index (κ3) is 2.76. The number of hydrogen-bond donors (Lipinski definition) is 0. The molecule has 2 aromatic heterocycles. The Hall–Kier alpha value is -1.78. The molecule has 1 atom stereocenters. The Bertz CT molecular complexity index is 958. The lowest BCUT2D eigenvalue weighted by molar-refractivity contribution is 0.00453. The summed E-state index contributed by atoms with van der Waals surface area (Å²) in [5.41, 5.74) is -0.300. The van der Waals surface area contributed by atoms with Crippen LogP contribution in [0.2, 0.25) is 0 Å². The highest BCUT2D eigenvalue weighted by Gasteiger charge is 2.58. The molecule has 0 aromatic carbocycles. The number of nitrogens with zero attached hydrogens (tertiary/aromatic N) is 5. The molecule has 4 rings (SSSR count). The first-order valence-corrected chi connectivity index (χ1v) is 11.0. The highest BCUT2D eigenvalue weighted by atomic mass is 32.2. The number of hydrogen-bond acceptors (Lipinski definition) is 6. The van der Waals surface area contributed by atoms with Crippen LogP contribution in [0.1, 0.15) is 26.3 Å². The van der Waals surface area contributed by atoms with Crippen LogP contribution in [0.5, 0.6) is 0 Å². The summed E-state index contributed by atoms with van der Waals surface area (Å²) >= 11 is 1.49. The fourth-order valence-electron chi connectivity index (χ4n) is 4.02. The quantitative estimate of drug-likeness (QED) is 0.763. The van der Waals surface area contributed by atoms with E-state index in [1.54, 1.807) is 11.2 Å². The van der Waals surface area contributed by atoms with E-state index < -0.39 is 10.0 Å². The van der Waals surface area contributed by atoms with E-state index >= 15 is 0 Å². The second-order valence-corrected chi connectivity index (χ2v) is 10.6. The molecule has 0 N–H and O–H groups in total. The van der Waals surface area contributed by atoms with Gasteiger partial charge in [0.2, 0.25) is 10.0 Å². The lowest BCUT2D eigenvalue weighted by Crippen LogP contribution is -2.61. The van der Waals surface area contributed by atoms with Gasteiger partial charge >= 0.3 is 0 Å². The van der Waals surface area contributed by atoms with Crippen LogP contribution in [0.3, 0.4) is 0 Å². The van der Waals surface area contributed by atoms with E-state index in [1.807, 2.05) is 30.7 Å². The maximum atomic E-state index is 12.7. The molecule has 0 bridgehead atoms. The number of rotatable bonds is 3. The van der Waals surface area contributed by atoms with Crippen LogP contribution in [-0.2, 0) is 17.1 Å². The number of carbonyl (C=O) groups is 1. The largest absolute Gasteiger partial charge is 0.337 e. The van der Waals surface area contributed by atoms with Crippen LogP contribution < -0.4 is 0 Å². The molecule has 2 aromatic rings. The molecule has 26 heavy (non-hydrogen) atoms. The Kier molecular flexibility index (Phi) is 3.97. The molecule has 0 aliphatic carbocycles. The van der Waals surface area contributed by atoms with Crippen LogP contribution in [-0.4, -0.2) is 70.7 Å². The maximum Gasteiger partial charge on any atom is 0.263 e. The number of amides is 1. The Morgan fingerprint density at radius 1 is 1.31 bits per heavy atom. The van der Waals surface area contributed by atoms with Crippen molar-refractivity contribution in [3.63, 3.8) is 0 Å². The average molecular weight is 396 g/mol. The predicted molar refractivity (Wildman–Crippen MR) is 97.6 cm³/mol. The fourth-order valence-corrected chi connectivity index (χ4v) is 5.77. The van der Waals surface area contributed by atoms with Crippen LogP contribution >= 0.6 is 11.3 Å². The fraction of sp³-hybridized carbons (Fsp3) is 0.562. The van der Waals surface area contributed by atoms with E-state index in [4.69, 9.17) is 0 Å². The molecule has 2 saturated heterocycles. The van der Waals surface area contributed by atoms with Crippen LogP contribution in [0.25, 0.3) is 0 Å². The van der Waals surface area contributed by atoms with Crippen molar-refractivity contribution in [2.24, 2.45) is 12.5 Å². The minimum Gasteiger partial charge on any atom is -0.337 e. The van der Waals surface area contributed by atoms with E-state index in [1.165, 1.54) is 21.9 Å². The summed E-state index contributed by atoms with van der Waals surface area (Å²) in [7, 11) is -1.44. The Morgan fingerprint density at radius 2 is 2.04 bits per heavy atom. The first kappa shape index (κ1) is 17.6. The lowest BCUT2D eigenvalue weighted by Gasteiger charge is -2.50. The van der Waals surface area contributed by atoms with Crippen molar-refractivity contribution < 1.29 is 13.2 Å². The van der Waals surface area contributed by atoms with E-state index in [0.29, 0.717) is 26.2 Å². The Labute approximate surface area is 156 Å². The zero-order chi connectivity index (χ0) is 18.7. The van der Waals surface area contributed by atoms with Gasteiger partial charge in [-0.3, -0.25) is 4.79 Å². The summed E-state index contributed by atoms with van der Waals surface area (Å²) in [4.78, 5) is 16.3. The minimum absolute atomic E-state index is 0.0169. The summed E-state index contributed by atoms with van der Waals surface area (Å²) in [6, 6.07) is 3.79. The molecular formula is C16H21N5O3S2. The van der Waals surface area contributed by atoms with E-state index in [9.17, 15) is 13.2 Å². The molecule has 1 amide bonds. The van der Waals surface area contributed by atoms with E-state index in [-0.39, 0.29) is 17.2 Å². The van der Waals surface area contributed by atoms with Crippen LogP contribution in [0, 0.1) is 12.3 Å². The van der Waals surface area contributed by atoms with Gasteiger partial charge in [0.1, 0.15) is 12.2 Å². The molecule has 10 heteroatoms. The van der Waals surface area contributed by atoms with Crippen molar-refractivity contribution in [3.05, 3.63) is 34.0 Å². The summed E-state index contributed by atoms with van der Waals surface area (Å²) < 4.78 is 27.6. The molecule has 2 aliphatic heterocycles. The van der Waals surface area contributed by atoms with Gasteiger partial charge in [0, 0.05) is 49.4 Å². The summed E-state index contributed by atoms with van der Waals surface area (Å²) in [5, 5.41) is 8.16. The number of thiophene rings is 1. The topological polar surface area (TPSA) is 88.4 Å². The molecule has 2 aliphatic rings. The van der Waals surface area contributed by atoms with Crippen molar-refractivity contribution in [1.29, 1.82) is 0 Å². The molecule has 4 heterocycles. The standard InChI is InChI=1S/C16H21N5O3S2/c1-11-4-5-13(25-11)15(22)20-7-16(8-20)9-21(26(3,23)24)6-12(16)14-18-17-10-19(14)2/h4-5,10,12H,6-9H2,1-3H3. The summed E-state index contributed by atoms with van der Waals surface area (Å²) in [5.74, 6) is 0.720. The highest BCUT2D eigenvalue weighted by Crippen LogP contribution is 2.49. The molecule has 2 fully saturated rings. The summed E-state index contributed by atoms with van der Waals surface area (Å²) in [6.07, 6.45) is 2.86. The molecule has 1 spiro atoms. The first-order valence-electron chi connectivity index (χ1n) is 8.34. The van der Waals surface area contributed by atoms with Gasteiger partial charge in [-0.05, 0) is 19.1 Å². The third-order valence-electron chi connectivity index (χ3n) is 5.39. The number of carbonyl (C=O) groups excluding carboxylic acids is 1. The molecule has 1 unspecified atom stereocenters. The first-order chi connectivity index (χ1) is 12.2. The van der Waals surface area contributed by atoms with Crippen LogP contribution in [0.4, 0.5) is 0 Å². The van der Waals surface area contributed by atoms with Gasteiger partial charge in [-0.15, -0.1) is 21.5 Å².